The smallest absolute Gasteiger partial charge is 0.171 e. The van der Waals surface area contributed by atoms with Crippen LogP contribution in [0.5, 0.6) is 0 Å². The van der Waals surface area contributed by atoms with Crippen molar-refractivity contribution >= 4 is 11.5 Å². The van der Waals surface area contributed by atoms with Crippen LogP contribution in [0, 0.1) is 25.2 Å². The van der Waals surface area contributed by atoms with E-state index in [1.807, 2.05) is 45.0 Å². The van der Waals surface area contributed by atoms with E-state index in [-0.39, 0.29) is 0 Å². The lowest BCUT2D eigenvalue weighted by Crippen LogP contribution is -2.03. The van der Waals surface area contributed by atoms with Gasteiger partial charge < -0.3 is 10.1 Å². The predicted octanol–water partition coefficient (Wildman–Crippen LogP) is 3.25. The van der Waals surface area contributed by atoms with Crippen molar-refractivity contribution in [1.82, 2.24) is 10.2 Å². The minimum atomic E-state index is 0.484. The minimum absolute atomic E-state index is 0.484. The Hall–Kier alpha value is -2.45. The second-order valence-corrected chi connectivity index (χ2v) is 4.70. The van der Waals surface area contributed by atoms with Crippen LogP contribution >= 0.6 is 0 Å². The quantitative estimate of drug-likeness (QED) is 0.911. The van der Waals surface area contributed by atoms with Gasteiger partial charge in [-0.1, -0.05) is 12.1 Å². The van der Waals surface area contributed by atoms with E-state index in [9.17, 15) is 5.26 Å². The molecule has 108 valence electrons. The number of rotatable bonds is 5. The molecule has 2 aromatic rings. The number of hydrogen-bond acceptors (Lipinski definition) is 5. The summed E-state index contributed by atoms with van der Waals surface area (Å²) in [6, 6.07) is 10.0. The lowest BCUT2D eigenvalue weighted by Gasteiger charge is -2.10. The van der Waals surface area contributed by atoms with E-state index in [0.29, 0.717) is 24.6 Å². The molecule has 1 N–H and O–H groups in total. The topological polar surface area (TPSA) is 70.8 Å². The van der Waals surface area contributed by atoms with Crippen LogP contribution in [-0.4, -0.2) is 16.8 Å². The zero-order valence-electron chi connectivity index (χ0n) is 12.5. The summed E-state index contributed by atoms with van der Waals surface area (Å²) < 4.78 is 5.36. The molecule has 0 fully saturated rings. The van der Waals surface area contributed by atoms with Crippen LogP contribution in [0.1, 0.15) is 29.3 Å². The first-order valence-electron chi connectivity index (χ1n) is 6.83. The summed E-state index contributed by atoms with van der Waals surface area (Å²) in [4.78, 5) is 0. The third-order valence-corrected chi connectivity index (χ3v) is 3.26. The lowest BCUT2D eigenvalue weighted by atomic mass is 10.1. The summed E-state index contributed by atoms with van der Waals surface area (Å²) in [6.07, 6.45) is 0. The van der Waals surface area contributed by atoms with Crippen molar-refractivity contribution in [2.45, 2.75) is 27.4 Å². The highest BCUT2D eigenvalue weighted by Gasteiger charge is 2.10. The summed E-state index contributed by atoms with van der Waals surface area (Å²) in [5.74, 6) is 0.484. The van der Waals surface area contributed by atoms with Crippen molar-refractivity contribution in [2.24, 2.45) is 0 Å². The normalized spacial score (nSPS) is 10.2. The Morgan fingerprint density at radius 2 is 1.90 bits per heavy atom. The van der Waals surface area contributed by atoms with E-state index in [4.69, 9.17) is 4.74 Å². The van der Waals surface area contributed by atoms with E-state index in [0.717, 1.165) is 22.5 Å². The molecule has 1 aromatic carbocycles. The molecule has 5 nitrogen and oxygen atoms in total. The maximum atomic E-state index is 9.27. The first kappa shape index (κ1) is 14.9. The van der Waals surface area contributed by atoms with Crippen molar-refractivity contribution in [2.75, 3.05) is 11.9 Å². The van der Waals surface area contributed by atoms with Crippen LogP contribution in [0.15, 0.2) is 24.3 Å². The van der Waals surface area contributed by atoms with Crippen LogP contribution in [-0.2, 0) is 11.3 Å². The van der Waals surface area contributed by atoms with E-state index >= 15 is 0 Å². The largest absolute Gasteiger partial charge is 0.377 e. The SMILES string of the molecule is CCOCc1ccc(Nc2nnc(C)c(C)c2C#N)cc1. The second kappa shape index (κ2) is 6.82. The number of hydrogen-bond donors (Lipinski definition) is 1. The van der Waals surface area contributed by atoms with Gasteiger partial charge in [0.2, 0.25) is 0 Å². The molecule has 0 aliphatic carbocycles. The zero-order valence-corrected chi connectivity index (χ0v) is 12.5. The van der Waals surface area contributed by atoms with Crippen LogP contribution in [0.3, 0.4) is 0 Å². The Kier molecular flexibility index (Phi) is 4.85. The van der Waals surface area contributed by atoms with Gasteiger partial charge in [0.1, 0.15) is 11.6 Å². The molecule has 0 aliphatic heterocycles. The first-order valence-corrected chi connectivity index (χ1v) is 6.83. The molecule has 5 heteroatoms. The molecule has 0 saturated carbocycles. The summed E-state index contributed by atoms with van der Waals surface area (Å²) >= 11 is 0. The summed E-state index contributed by atoms with van der Waals surface area (Å²) in [5.41, 5.74) is 4.12. The second-order valence-electron chi connectivity index (χ2n) is 4.70. The highest BCUT2D eigenvalue weighted by atomic mass is 16.5. The average Bonchev–Trinajstić information content (AvgIpc) is 2.50. The van der Waals surface area contributed by atoms with Crippen molar-refractivity contribution in [3.8, 4) is 6.07 Å². The van der Waals surface area contributed by atoms with Crippen LogP contribution in [0.4, 0.5) is 11.5 Å². The highest BCUT2D eigenvalue weighted by molar-refractivity contribution is 5.64. The van der Waals surface area contributed by atoms with E-state index in [1.54, 1.807) is 0 Å². The Morgan fingerprint density at radius 1 is 1.19 bits per heavy atom. The number of aryl methyl sites for hydroxylation is 1. The van der Waals surface area contributed by atoms with Crippen LogP contribution in [0.2, 0.25) is 0 Å². The molecule has 0 radical (unpaired) electrons. The fourth-order valence-corrected chi connectivity index (χ4v) is 1.87. The molecule has 0 atom stereocenters. The molecule has 1 heterocycles. The van der Waals surface area contributed by atoms with Crippen molar-refractivity contribution in [3.05, 3.63) is 46.6 Å². The van der Waals surface area contributed by atoms with Gasteiger partial charge in [0.25, 0.3) is 0 Å². The number of nitriles is 1. The first-order chi connectivity index (χ1) is 10.2. The maximum Gasteiger partial charge on any atom is 0.171 e. The maximum absolute atomic E-state index is 9.27. The molecule has 1 aromatic heterocycles. The van der Waals surface area contributed by atoms with E-state index in [1.165, 1.54) is 0 Å². The standard InChI is InChI=1S/C16H18N4O/c1-4-21-10-13-5-7-14(8-6-13)18-16-15(9-17)11(2)12(3)19-20-16/h5-8H,4,10H2,1-3H3,(H,18,20). The molecule has 0 saturated heterocycles. The molecule has 0 bridgehead atoms. The molecular formula is C16H18N4O. The zero-order chi connectivity index (χ0) is 15.2. The van der Waals surface area contributed by atoms with Gasteiger partial charge in [-0.25, -0.2) is 0 Å². The van der Waals surface area contributed by atoms with Gasteiger partial charge in [-0.2, -0.15) is 10.4 Å². The minimum Gasteiger partial charge on any atom is -0.377 e. The average molecular weight is 282 g/mol. The van der Waals surface area contributed by atoms with Gasteiger partial charge in [-0.05, 0) is 44.0 Å². The van der Waals surface area contributed by atoms with Gasteiger partial charge in [-0.15, -0.1) is 5.10 Å². The number of nitrogens with zero attached hydrogens (tertiary/aromatic N) is 3. The van der Waals surface area contributed by atoms with Crippen LogP contribution < -0.4 is 5.32 Å². The van der Waals surface area contributed by atoms with Crippen molar-refractivity contribution < 1.29 is 4.74 Å². The van der Waals surface area contributed by atoms with Gasteiger partial charge in [0.05, 0.1) is 12.3 Å². The van der Waals surface area contributed by atoms with Gasteiger partial charge in [-0.3, -0.25) is 0 Å². The summed E-state index contributed by atoms with van der Waals surface area (Å²) in [6.45, 7) is 6.99. The summed E-state index contributed by atoms with van der Waals surface area (Å²) in [7, 11) is 0. The monoisotopic (exact) mass is 282 g/mol. The molecular weight excluding hydrogens is 264 g/mol. The number of nitrogens with one attached hydrogen (secondary N) is 1. The van der Waals surface area contributed by atoms with E-state index in [2.05, 4.69) is 21.6 Å². The van der Waals surface area contributed by atoms with E-state index < -0.39 is 0 Å². The molecule has 0 amide bonds. The van der Waals surface area contributed by atoms with Crippen LogP contribution in [0.25, 0.3) is 0 Å². The highest BCUT2D eigenvalue weighted by Crippen LogP contribution is 2.21. The number of benzene rings is 1. The molecule has 0 aliphatic rings. The Morgan fingerprint density at radius 3 is 2.52 bits per heavy atom. The fourth-order valence-electron chi connectivity index (χ4n) is 1.87. The summed E-state index contributed by atoms with van der Waals surface area (Å²) in [5, 5.41) is 20.5. The molecule has 0 spiro atoms. The van der Waals surface area contributed by atoms with Gasteiger partial charge in [0, 0.05) is 12.3 Å². The predicted molar refractivity (Wildman–Crippen MR) is 81.3 cm³/mol. The Balaban J connectivity index is 2.19. The molecule has 21 heavy (non-hydrogen) atoms. The number of anilines is 2. The lowest BCUT2D eigenvalue weighted by molar-refractivity contribution is 0.134. The number of aromatic nitrogens is 2. The third-order valence-electron chi connectivity index (χ3n) is 3.26. The molecule has 2 rings (SSSR count). The third kappa shape index (κ3) is 3.56. The van der Waals surface area contributed by atoms with Crippen molar-refractivity contribution in [1.29, 1.82) is 5.26 Å². The Labute approximate surface area is 124 Å². The van der Waals surface area contributed by atoms with Gasteiger partial charge in [0.15, 0.2) is 5.82 Å². The Bertz CT molecular complexity index is 659. The fraction of sp³-hybridized carbons (Fsp3) is 0.312. The van der Waals surface area contributed by atoms with Crippen molar-refractivity contribution in [3.63, 3.8) is 0 Å². The van der Waals surface area contributed by atoms with Gasteiger partial charge >= 0.3 is 0 Å². The number of ether oxygens (including phenoxy) is 1. The molecule has 0 unspecified atom stereocenters.